The minimum atomic E-state index is 0.0138. The molecular weight excluding hydrogens is 296 g/mol. The van der Waals surface area contributed by atoms with Gasteiger partial charge in [0.25, 0.3) is 5.91 Å². The molecule has 5 nitrogen and oxygen atoms in total. The van der Waals surface area contributed by atoms with Crippen LogP contribution in [0.4, 0.5) is 0 Å². The Balaban J connectivity index is 1.79. The topological polar surface area (TPSA) is 51.0 Å². The maximum atomic E-state index is 12.7. The molecule has 3 heterocycles. The lowest BCUT2D eigenvalue weighted by Gasteiger charge is -2.34. The number of carbonyl (C=O) groups is 1. The van der Waals surface area contributed by atoms with Gasteiger partial charge in [-0.3, -0.25) is 4.79 Å². The fraction of sp³-hybridized carbons (Fsp3) is 0.438. The third kappa shape index (κ3) is 3.16. The quantitative estimate of drug-likeness (QED) is 0.873. The zero-order valence-corrected chi connectivity index (χ0v) is 13.7. The molecule has 2 aromatic rings. The molecule has 1 aliphatic rings. The lowest BCUT2D eigenvalue weighted by atomic mass is 10.1. The molecule has 0 aliphatic carbocycles. The van der Waals surface area contributed by atoms with Gasteiger partial charge in [0.15, 0.2) is 5.82 Å². The summed E-state index contributed by atoms with van der Waals surface area (Å²) in [6.45, 7) is 6.01. The lowest BCUT2D eigenvalue weighted by molar-refractivity contribution is 0.0750. The first-order chi connectivity index (χ1) is 10.6. The van der Waals surface area contributed by atoms with Gasteiger partial charge in [-0.15, -0.1) is 0 Å². The summed E-state index contributed by atoms with van der Waals surface area (Å²) >= 11 is 1.96. The van der Waals surface area contributed by atoms with Crippen molar-refractivity contribution in [3.8, 4) is 5.82 Å². The number of aromatic nitrogens is 3. The molecule has 3 rings (SSSR count). The van der Waals surface area contributed by atoms with E-state index in [1.165, 1.54) is 0 Å². The molecule has 1 atom stereocenters. The van der Waals surface area contributed by atoms with Gasteiger partial charge < -0.3 is 4.90 Å². The number of nitrogens with zero attached hydrogens (tertiary/aromatic N) is 4. The van der Waals surface area contributed by atoms with E-state index < -0.39 is 0 Å². The van der Waals surface area contributed by atoms with E-state index in [-0.39, 0.29) is 5.91 Å². The van der Waals surface area contributed by atoms with Crippen LogP contribution in [0.1, 0.15) is 24.3 Å². The summed E-state index contributed by atoms with van der Waals surface area (Å²) in [5.74, 6) is 2.25. The Hall–Kier alpha value is -1.82. The molecule has 0 spiro atoms. The number of pyridine rings is 1. The molecule has 0 N–H and O–H groups in total. The number of carbonyl (C=O) groups excluding carboxylic acids is 1. The van der Waals surface area contributed by atoms with Gasteiger partial charge in [-0.25, -0.2) is 9.67 Å². The van der Waals surface area contributed by atoms with Gasteiger partial charge in [0.05, 0.1) is 0 Å². The normalized spacial score (nSPS) is 18.7. The zero-order chi connectivity index (χ0) is 15.5. The average molecular weight is 316 g/mol. The largest absolute Gasteiger partial charge is 0.335 e. The van der Waals surface area contributed by atoms with Gasteiger partial charge in [-0.2, -0.15) is 16.9 Å². The first kappa shape index (κ1) is 15.1. The zero-order valence-electron chi connectivity index (χ0n) is 12.8. The standard InChI is InChI=1S/C16H20N4OS/c1-12(2)14-11-19(9-10-22-14)16(21)13-5-3-6-15(18-13)20-8-4-7-17-20/h3-8,12,14H,9-11H2,1-2H3/t14-/m0/s1. The average Bonchev–Trinajstić information content (AvgIpc) is 3.09. The fourth-order valence-corrected chi connectivity index (χ4v) is 3.80. The van der Waals surface area contributed by atoms with Crippen molar-refractivity contribution in [2.75, 3.05) is 18.8 Å². The van der Waals surface area contributed by atoms with Crippen molar-refractivity contribution in [1.82, 2.24) is 19.7 Å². The smallest absolute Gasteiger partial charge is 0.272 e. The molecule has 0 bridgehead atoms. The van der Waals surface area contributed by atoms with Crippen molar-refractivity contribution in [1.29, 1.82) is 0 Å². The monoisotopic (exact) mass is 316 g/mol. The molecule has 1 fully saturated rings. The highest BCUT2D eigenvalue weighted by atomic mass is 32.2. The van der Waals surface area contributed by atoms with Crippen molar-refractivity contribution < 1.29 is 4.79 Å². The Morgan fingerprint density at radius 1 is 1.36 bits per heavy atom. The Morgan fingerprint density at radius 2 is 2.23 bits per heavy atom. The van der Waals surface area contributed by atoms with Crippen LogP contribution in [0.2, 0.25) is 0 Å². The first-order valence-electron chi connectivity index (χ1n) is 7.53. The first-order valence-corrected chi connectivity index (χ1v) is 8.58. The number of thioether (sulfide) groups is 1. The summed E-state index contributed by atoms with van der Waals surface area (Å²) in [5, 5.41) is 4.67. The minimum Gasteiger partial charge on any atom is -0.335 e. The van der Waals surface area contributed by atoms with Crippen molar-refractivity contribution >= 4 is 17.7 Å². The van der Waals surface area contributed by atoms with E-state index in [1.807, 2.05) is 41.1 Å². The minimum absolute atomic E-state index is 0.0138. The van der Waals surface area contributed by atoms with Crippen molar-refractivity contribution in [2.24, 2.45) is 5.92 Å². The second-order valence-corrected chi connectivity index (χ2v) is 7.08. The molecular formula is C16H20N4OS. The second kappa shape index (κ2) is 6.52. The van der Waals surface area contributed by atoms with E-state index in [4.69, 9.17) is 0 Å². The van der Waals surface area contributed by atoms with Gasteiger partial charge >= 0.3 is 0 Å². The predicted octanol–water partition coefficient (Wildman–Crippen LogP) is 2.48. The second-order valence-electron chi connectivity index (χ2n) is 5.74. The molecule has 6 heteroatoms. The van der Waals surface area contributed by atoms with Crippen LogP contribution in [0.15, 0.2) is 36.7 Å². The molecule has 22 heavy (non-hydrogen) atoms. The Kier molecular flexibility index (Phi) is 4.47. The van der Waals surface area contributed by atoms with E-state index in [1.54, 1.807) is 16.9 Å². The van der Waals surface area contributed by atoms with Crippen LogP contribution < -0.4 is 0 Å². The maximum absolute atomic E-state index is 12.7. The van der Waals surface area contributed by atoms with Gasteiger partial charge in [0.1, 0.15) is 5.69 Å². The van der Waals surface area contributed by atoms with Crippen LogP contribution in [0.25, 0.3) is 5.82 Å². The summed E-state index contributed by atoms with van der Waals surface area (Å²) in [6, 6.07) is 7.33. The van der Waals surface area contributed by atoms with E-state index >= 15 is 0 Å². The number of rotatable bonds is 3. The molecule has 0 unspecified atom stereocenters. The Labute approximate surface area is 134 Å². The number of hydrogen-bond donors (Lipinski definition) is 0. The summed E-state index contributed by atoms with van der Waals surface area (Å²) < 4.78 is 1.67. The highest BCUT2D eigenvalue weighted by Gasteiger charge is 2.27. The maximum Gasteiger partial charge on any atom is 0.272 e. The lowest BCUT2D eigenvalue weighted by Crippen LogP contribution is -2.43. The predicted molar refractivity (Wildman–Crippen MR) is 88.3 cm³/mol. The van der Waals surface area contributed by atoms with Gasteiger partial charge in [-0.05, 0) is 24.1 Å². The summed E-state index contributed by atoms with van der Waals surface area (Å²) in [6.07, 6.45) is 3.52. The summed E-state index contributed by atoms with van der Waals surface area (Å²) in [4.78, 5) is 19.1. The molecule has 2 aromatic heterocycles. The van der Waals surface area contributed by atoms with Crippen molar-refractivity contribution in [2.45, 2.75) is 19.1 Å². The van der Waals surface area contributed by atoms with Crippen LogP contribution in [0.5, 0.6) is 0 Å². The van der Waals surface area contributed by atoms with Crippen molar-refractivity contribution in [3.05, 3.63) is 42.4 Å². The molecule has 116 valence electrons. The highest BCUT2D eigenvalue weighted by Crippen LogP contribution is 2.25. The summed E-state index contributed by atoms with van der Waals surface area (Å²) in [7, 11) is 0. The van der Waals surface area contributed by atoms with E-state index in [0.717, 1.165) is 18.8 Å². The molecule has 0 aromatic carbocycles. The van der Waals surface area contributed by atoms with Gasteiger partial charge in [0.2, 0.25) is 0 Å². The van der Waals surface area contributed by atoms with Gasteiger partial charge in [0, 0.05) is 36.5 Å². The van der Waals surface area contributed by atoms with E-state index in [0.29, 0.717) is 22.7 Å². The SMILES string of the molecule is CC(C)[C@@H]1CN(C(=O)c2cccc(-n3cccn3)n2)CCS1. The molecule has 1 aliphatic heterocycles. The van der Waals surface area contributed by atoms with Crippen LogP contribution in [-0.2, 0) is 0 Å². The highest BCUT2D eigenvalue weighted by molar-refractivity contribution is 8.00. The molecule has 0 radical (unpaired) electrons. The molecule has 1 saturated heterocycles. The van der Waals surface area contributed by atoms with Crippen LogP contribution in [-0.4, -0.2) is 49.7 Å². The van der Waals surface area contributed by atoms with Crippen LogP contribution in [0.3, 0.4) is 0 Å². The number of hydrogen-bond acceptors (Lipinski definition) is 4. The van der Waals surface area contributed by atoms with Crippen LogP contribution in [0, 0.1) is 5.92 Å². The summed E-state index contributed by atoms with van der Waals surface area (Å²) in [5.41, 5.74) is 0.488. The third-order valence-corrected chi connectivity index (χ3v) is 5.36. The number of amides is 1. The Bertz CT molecular complexity index is 641. The Morgan fingerprint density at radius 3 is 2.95 bits per heavy atom. The van der Waals surface area contributed by atoms with Crippen LogP contribution >= 0.6 is 11.8 Å². The third-order valence-electron chi connectivity index (χ3n) is 3.82. The van der Waals surface area contributed by atoms with Gasteiger partial charge in [-0.1, -0.05) is 19.9 Å². The molecule has 0 saturated carbocycles. The van der Waals surface area contributed by atoms with Crippen molar-refractivity contribution in [3.63, 3.8) is 0 Å². The fourth-order valence-electron chi connectivity index (χ4n) is 2.50. The molecule has 1 amide bonds. The van der Waals surface area contributed by atoms with E-state index in [2.05, 4.69) is 23.9 Å². The van der Waals surface area contributed by atoms with E-state index in [9.17, 15) is 4.79 Å².